The largest absolute Gasteiger partial charge is 0.379 e. The number of piperazine rings is 1. The number of rotatable bonds is 4. The third-order valence-electron chi connectivity index (χ3n) is 4.36. The Morgan fingerprint density at radius 1 is 1.17 bits per heavy atom. The van der Waals surface area contributed by atoms with E-state index in [-0.39, 0.29) is 11.6 Å². The van der Waals surface area contributed by atoms with Gasteiger partial charge in [0.15, 0.2) is 0 Å². The van der Waals surface area contributed by atoms with Crippen molar-refractivity contribution in [1.29, 1.82) is 0 Å². The Hall–Kier alpha value is -2.26. The summed E-state index contributed by atoms with van der Waals surface area (Å²) < 4.78 is 5.29. The predicted molar refractivity (Wildman–Crippen MR) is 86.9 cm³/mol. The SMILES string of the molecule is O=C(CN1CCOCC1)N1CCN(c2ccc([N+](=O)[O-])cn2)CC1. The number of nitro groups is 1. The van der Waals surface area contributed by atoms with Crippen LogP contribution >= 0.6 is 0 Å². The van der Waals surface area contributed by atoms with Crippen molar-refractivity contribution in [3.05, 3.63) is 28.4 Å². The molecular weight excluding hydrogens is 314 g/mol. The summed E-state index contributed by atoms with van der Waals surface area (Å²) in [5.74, 6) is 0.856. The maximum absolute atomic E-state index is 12.4. The van der Waals surface area contributed by atoms with Gasteiger partial charge in [0.1, 0.15) is 12.0 Å². The van der Waals surface area contributed by atoms with Crippen LogP contribution in [-0.4, -0.2) is 84.6 Å². The molecule has 1 amide bonds. The number of nitrogens with zero attached hydrogens (tertiary/aromatic N) is 5. The van der Waals surface area contributed by atoms with Crippen molar-refractivity contribution in [3.63, 3.8) is 0 Å². The molecule has 0 bridgehead atoms. The lowest BCUT2D eigenvalue weighted by Crippen LogP contribution is -2.52. The fourth-order valence-corrected chi connectivity index (χ4v) is 2.91. The van der Waals surface area contributed by atoms with Crippen molar-refractivity contribution in [2.75, 3.05) is 63.9 Å². The van der Waals surface area contributed by atoms with Gasteiger partial charge in [-0.05, 0) is 6.07 Å². The number of ether oxygens (including phenoxy) is 1. The third kappa shape index (κ3) is 3.98. The van der Waals surface area contributed by atoms with Crippen molar-refractivity contribution in [1.82, 2.24) is 14.8 Å². The molecule has 9 heteroatoms. The Balaban J connectivity index is 1.49. The van der Waals surface area contributed by atoms with Gasteiger partial charge in [0.25, 0.3) is 5.69 Å². The number of carbonyl (C=O) groups is 1. The standard InChI is InChI=1S/C15H21N5O4/c21-15(12-17-7-9-24-10-8-17)19-5-3-18(4-6-19)14-2-1-13(11-16-14)20(22)23/h1-2,11H,3-10,12H2. The minimum atomic E-state index is -0.459. The fourth-order valence-electron chi connectivity index (χ4n) is 2.91. The smallest absolute Gasteiger partial charge is 0.287 e. The average molecular weight is 335 g/mol. The van der Waals surface area contributed by atoms with Crippen LogP contribution in [0.1, 0.15) is 0 Å². The van der Waals surface area contributed by atoms with Crippen molar-refractivity contribution in [2.24, 2.45) is 0 Å². The van der Waals surface area contributed by atoms with E-state index >= 15 is 0 Å². The van der Waals surface area contributed by atoms with Gasteiger partial charge in [0, 0.05) is 45.3 Å². The molecule has 0 unspecified atom stereocenters. The number of morpholine rings is 1. The lowest BCUT2D eigenvalue weighted by atomic mass is 10.3. The Kier molecular flexibility index (Phi) is 5.21. The summed E-state index contributed by atoms with van der Waals surface area (Å²) in [7, 11) is 0. The number of anilines is 1. The first-order valence-electron chi connectivity index (χ1n) is 8.07. The van der Waals surface area contributed by atoms with Crippen LogP contribution in [0, 0.1) is 10.1 Å². The van der Waals surface area contributed by atoms with Crippen LogP contribution in [-0.2, 0) is 9.53 Å². The fraction of sp³-hybridized carbons (Fsp3) is 0.600. The van der Waals surface area contributed by atoms with Crippen molar-refractivity contribution in [2.45, 2.75) is 0 Å². The first-order valence-corrected chi connectivity index (χ1v) is 8.07. The molecule has 24 heavy (non-hydrogen) atoms. The molecule has 0 spiro atoms. The summed E-state index contributed by atoms with van der Waals surface area (Å²) in [6, 6.07) is 3.11. The second-order valence-corrected chi connectivity index (χ2v) is 5.89. The summed E-state index contributed by atoms with van der Waals surface area (Å²) in [4.78, 5) is 32.8. The molecule has 3 heterocycles. The molecule has 0 atom stereocenters. The third-order valence-corrected chi connectivity index (χ3v) is 4.36. The van der Waals surface area contributed by atoms with E-state index < -0.39 is 4.92 Å². The summed E-state index contributed by atoms with van der Waals surface area (Å²) in [6.07, 6.45) is 1.27. The van der Waals surface area contributed by atoms with Crippen LogP contribution in [0.2, 0.25) is 0 Å². The number of amides is 1. The van der Waals surface area contributed by atoms with Crippen LogP contribution < -0.4 is 4.90 Å². The van der Waals surface area contributed by atoms with E-state index in [4.69, 9.17) is 4.74 Å². The molecule has 2 aliphatic rings. The van der Waals surface area contributed by atoms with Gasteiger partial charge in [-0.3, -0.25) is 19.8 Å². The predicted octanol–water partition coefficient (Wildman–Crippen LogP) is -0.0294. The molecule has 0 N–H and O–H groups in total. The van der Waals surface area contributed by atoms with Crippen molar-refractivity contribution < 1.29 is 14.5 Å². The first-order chi connectivity index (χ1) is 11.6. The van der Waals surface area contributed by atoms with Crippen LogP contribution in [0.3, 0.4) is 0 Å². The highest BCUT2D eigenvalue weighted by Crippen LogP contribution is 2.17. The molecule has 1 aromatic rings. The van der Waals surface area contributed by atoms with E-state index in [0.717, 1.165) is 13.1 Å². The highest BCUT2D eigenvalue weighted by molar-refractivity contribution is 5.78. The molecular formula is C15H21N5O4. The number of hydrogen-bond acceptors (Lipinski definition) is 7. The van der Waals surface area contributed by atoms with Gasteiger partial charge in [-0.1, -0.05) is 0 Å². The molecule has 2 fully saturated rings. The molecule has 0 aromatic carbocycles. The molecule has 0 aliphatic carbocycles. The van der Waals surface area contributed by atoms with Crippen molar-refractivity contribution >= 4 is 17.4 Å². The number of hydrogen-bond donors (Lipinski definition) is 0. The quantitative estimate of drug-likeness (QED) is 0.563. The minimum Gasteiger partial charge on any atom is -0.379 e. The summed E-state index contributed by atoms with van der Waals surface area (Å²) in [5.41, 5.74) is -0.0157. The van der Waals surface area contributed by atoms with E-state index in [1.54, 1.807) is 6.07 Å². The van der Waals surface area contributed by atoms with E-state index in [9.17, 15) is 14.9 Å². The molecule has 3 rings (SSSR count). The topological polar surface area (TPSA) is 92.0 Å². The highest BCUT2D eigenvalue weighted by Gasteiger charge is 2.24. The van der Waals surface area contributed by atoms with Crippen LogP contribution in [0.15, 0.2) is 18.3 Å². The van der Waals surface area contributed by atoms with Crippen molar-refractivity contribution in [3.8, 4) is 0 Å². The molecule has 0 radical (unpaired) electrons. The number of aromatic nitrogens is 1. The summed E-state index contributed by atoms with van der Waals surface area (Å²) in [5, 5.41) is 10.7. The van der Waals surface area contributed by atoms with Crippen LogP contribution in [0.5, 0.6) is 0 Å². The summed E-state index contributed by atoms with van der Waals surface area (Å²) in [6.45, 7) is 6.07. The van der Waals surface area contributed by atoms with Gasteiger partial charge in [-0.15, -0.1) is 0 Å². The zero-order valence-electron chi connectivity index (χ0n) is 13.5. The minimum absolute atomic E-state index is 0.0157. The Morgan fingerprint density at radius 2 is 1.88 bits per heavy atom. The maximum Gasteiger partial charge on any atom is 0.287 e. The van der Waals surface area contributed by atoms with E-state index in [1.807, 2.05) is 9.80 Å². The second-order valence-electron chi connectivity index (χ2n) is 5.89. The molecule has 9 nitrogen and oxygen atoms in total. The van der Waals surface area contributed by atoms with Gasteiger partial charge < -0.3 is 14.5 Å². The zero-order chi connectivity index (χ0) is 16.9. The number of carbonyl (C=O) groups excluding carboxylic acids is 1. The Bertz CT molecular complexity index is 580. The second kappa shape index (κ2) is 7.54. The molecule has 1 aromatic heterocycles. The van der Waals surface area contributed by atoms with Gasteiger partial charge in [-0.25, -0.2) is 4.98 Å². The highest BCUT2D eigenvalue weighted by atomic mass is 16.6. The summed E-state index contributed by atoms with van der Waals surface area (Å²) >= 11 is 0. The normalized spacial score (nSPS) is 19.3. The number of pyridine rings is 1. The van der Waals surface area contributed by atoms with Crippen LogP contribution in [0.4, 0.5) is 11.5 Å². The Labute approximate surface area is 139 Å². The monoisotopic (exact) mass is 335 g/mol. The van der Waals surface area contributed by atoms with Gasteiger partial charge in [0.05, 0.1) is 24.7 Å². The Morgan fingerprint density at radius 3 is 2.46 bits per heavy atom. The molecule has 2 aliphatic heterocycles. The maximum atomic E-state index is 12.4. The lowest BCUT2D eigenvalue weighted by Gasteiger charge is -2.36. The van der Waals surface area contributed by atoms with E-state index in [2.05, 4.69) is 9.88 Å². The van der Waals surface area contributed by atoms with Gasteiger partial charge in [0.2, 0.25) is 5.91 Å². The first kappa shape index (κ1) is 16.6. The van der Waals surface area contributed by atoms with E-state index in [1.165, 1.54) is 12.3 Å². The molecule has 2 saturated heterocycles. The van der Waals surface area contributed by atoms with Gasteiger partial charge >= 0.3 is 0 Å². The zero-order valence-corrected chi connectivity index (χ0v) is 13.5. The lowest BCUT2D eigenvalue weighted by molar-refractivity contribution is -0.385. The average Bonchev–Trinajstić information content (AvgIpc) is 2.63. The molecule has 130 valence electrons. The van der Waals surface area contributed by atoms with Gasteiger partial charge in [-0.2, -0.15) is 0 Å². The van der Waals surface area contributed by atoms with E-state index in [0.29, 0.717) is 51.8 Å². The molecule has 0 saturated carbocycles. The van der Waals surface area contributed by atoms with Crippen LogP contribution in [0.25, 0.3) is 0 Å².